The second-order valence-corrected chi connectivity index (χ2v) is 7.19. The van der Waals surface area contributed by atoms with Gasteiger partial charge in [-0.1, -0.05) is 42.5 Å². The predicted molar refractivity (Wildman–Crippen MR) is 89.9 cm³/mol. The molecule has 0 amide bonds. The number of aryl methyl sites for hydroxylation is 1. The maximum atomic E-state index is 12.5. The summed E-state index contributed by atoms with van der Waals surface area (Å²) in [7, 11) is -1.47. The quantitative estimate of drug-likeness (QED) is 0.596. The molecule has 0 aliphatic heterocycles. The minimum atomic E-state index is -2.92. The van der Waals surface area contributed by atoms with Gasteiger partial charge in [0.15, 0.2) is 0 Å². The average Bonchev–Trinajstić information content (AvgIpc) is 2.48. The van der Waals surface area contributed by atoms with Gasteiger partial charge in [0.2, 0.25) is 0 Å². The minimum absolute atomic E-state index is 0.290. The third-order valence-corrected chi connectivity index (χ3v) is 5.08. The first-order valence-corrected chi connectivity index (χ1v) is 8.58. The van der Waals surface area contributed by atoms with Crippen LogP contribution in [0.25, 0.3) is 11.1 Å². The standard InChI is InChI=1S/C17H20NO2P/c1-4-10-21(19,20-3)18-17-12-14(2)11-16(13-17)15-8-6-5-7-9-15/h4-9,11-13H,1,10H2,2-3H3,(H,18,19). The minimum Gasteiger partial charge on any atom is -0.317 e. The van der Waals surface area contributed by atoms with Crippen molar-refractivity contribution >= 4 is 13.2 Å². The van der Waals surface area contributed by atoms with Crippen molar-refractivity contribution in [3.63, 3.8) is 0 Å². The molecule has 0 radical (unpaired) electrons. The summed E-state index contributed by atoms with van der Waals surface area (Å²) in [5.74, 6) is 0. The van der Waals surface area contributed by atoms with E-state index in [1.54, 1.807) is 6.08 Å². The van der Waals surface area contributed by atoms with Crippen LogP contribution in [0.2, 0.25) is 0 Å². The van der Waals surface area contributed by atoms with Crippen molar-refractivity contribution in [2.45, 2.75) is 6.92 Å². The third-order valence-electron chi connectivity index (χ3n) is 3.15. The summed E-state index contributed by atoms with van der Waals surface area (Å²) in [5, 5.41) is 3.02. The van der Waals surface area contributed by atoms with E-state index in [0.29, 0.717) is 0 Å². The molecular weight excluding hydrogens is 281 g/mol. The van der Waals surface area contributed by atoms with Gasteiger partial charge in [-0.3, -0.25) is 4.57 Å². The molecule has 2 rings (SSSR count). The molecule has 0 saturated carbocycles. The zero-order valence-electron chi connectivity index (χ0n) is 12.4. The van der Waals surface area contributed by atoms with E-state index in [0.717, 1.165) is 22.4 Å². The van der Waals surface area contributed by atoms with E-state index in [4.69, 9.17) is 4.52 Å². The van der Waals surface area contributed by atoms with Crippen molar-refractivity contribution in [3.05, 3.63) is 66.7 Å². The van der Waals surface area contributed by atoms with Gasteiger partial charge in [-0.25, -0.2) is 0 Å². The number of benzene rings is 2. The summed E-state index contributed by atoms with van der Waals surface area (Å²) in [6.45, 7) is 5.64. The Morgan fingerprint density at radius 2 is 1.90 bits per heavy atom. The lowest BCUT2D eigenvalue weighted by Gasteiger charge is -2.18. The molecule has 0 heterocycles. The molecule has 1 unspecified atom stereocenters. The first-order valence-electron chi connectivity index (χ1n) is 6.77. The summed E-state index contributed by atoms with van der Waals surface area (Å²) < 4.78 is 17.6. The maximum Gasteiger partial charge on any atom is 0.297 e. The normalized spacial score (nSPS) is 13.4. The zero-order valence-corrected chi connectivity index (χ0v) is 13.3. The van der Waals surface area contributed by atoms with Crippen molar-refractivity contribution < 1.29 is 9.09 Å². The molecule has 1 N–H and O–H groups in total. The van der Waals surface area contributed by atoms with Crippen LogP contribution in [0, 0.1) is 6.92 Å². The largest absolute Gasteiger partial charge is 0.317 e. The summed E-state index contributed by atoms with van der Waals surface area (Å²) in [6, 6.07) is 16.1. The molecule has 0 saturated heterocycles. The molecule has 0 aliphatic carbocycles. The van der Waals surface area contributed by atoms with Gasteiger partial charge < -0.3 is 9.61 Å². The Kier molecular flexibility index (Phi) is 5.00. The van der Waals surface area contributed by atoms with Crippen molar-refractivity contribution in [2.75, 3.05) is 18.4 Å². The summed E-state index contributed by atoms with van der Waals surface area (Å²) in [5.41, 5.74) is 4.10. The van der Waals surface area contributed by atoms with Crippen molar-refractivity contribution in [3.8, 4) is 11.1 Å². The fourth-order valence-electron chi connectivity index (χ4n) is 2.18. The molecule has 1 atom stereocenters. The SMILES string of the molecule is C=CCP(=O)(Nc1cc(C)cc(-c2ccccc2)c1)OC. The lowest BCUT2D eigenvalue weighted by atomic mass is 10.0. The molecule has 0 aliphatic rings. The monoisotopic (exact) mass is 301 g/mol. The third kappa shape index (κ3) is 4.07. The zero-order chi connectivity index (χ0) is 15.3. The van der Waals surface area contributed by atoms with Gasteiger partial charge in [0.1, 0.15) is 0 Å². The highest BCUT2D eigenvalue weighted by molar-refractivity contribution is 7.60. The molecule has 21 heavy (non-hydrogen) atoms. The van der Waals surface area contributed by atoms with E-state index >= 15 is 0 Å². The Morgan fingerprint density at radius 3 is 2.52 bits per heavy atom. The second kappa shape index (κ2) is 6.75. The topological polar surface area (TPSA) is 38.3 Å². The van der Waals surface area contributed by atoms with Crippen molar-refractivity contribution in [2.24, 2.45) is 0 Å². The average molecular weight is 301 g/mol. The Bertz CT molecular complexity index is 668. The van der Waals surface area contributed by atoms with Gasteiger partial charge >= 0.3 is 0 Å². The second-order valence-electron chi connectivity index (χ2n) is 4.89. The Balaban J connectivity index is 2.36. The van der Waals surface area contributed by atoms with Gasteiger partial charge in [-0.05, 0) is 35.7 Å². The van der Waals surface area contributed by atoms with Crippen LogP contribution in [-0.2, 0) is 9.09 Å². The number of nitrogens with one attached hydrogen (secondary N) is 1. The smallest absolute Gasteiger partial charge is 0.297 e. The van der Waals surface area contributed by atoms with E-state index in [9.17, 15) is 4.57 Å². The fourth-order valence-corrected chi connectivity index (χ4v) is 3.37. The van der Waals surface area contributed by atoms with Crippen LogP contribution in [0.5, 0.6) is 0 Å². The summed E-state index contributed by atoms with van der Waals surface area (Å²) in [6.07, 6.45) is 1.89. The van der Waals surface area contributed by atoms with E-state index in [1.807, 2.05) is 37.3 Å². The lowest BCUT2D eigenvalue weighted by Crippen LogP contribution is -2.02. The highest BCUT2D eigenvalue weighted by Crippen LogP contribution is 2.46. The van der Waals surface area contributed by atoms with Crippen LogP contribution in [0.15, 0.2) is 61.2 Å². The predicted octanol–water partition coefficient (Wildman–Crippen LogP) is 5.10. The van der Waals surface area contributed by atoms with Crippen molar-refractivity contribution in [1.29, 1.82) is 0 Å². The van der Waals surface area contributed by atoms with Gasteiger partial charge in [0, 0.05) is 12.8 Å². The van der Waals surface area contributed by atoms with Crippen LogP contribution < -0.4 is 5.09 Å². The Labute approximate surface area is 126 Å². The van der Waals surface area contributed by atoms with Crippen LogP contribution >= 0.6 is 7.52 Å². The molecule has 2 aromatic carbocycles. The molecule has 0 fully saturated rings. The lowest BCUT2D eigenvalue weighted by molar-refractivity contribution is 0.401. The van der Waals surface area contributed by atoms with Gasteiger partial charge in [-0.2, -0.15) is 0 Å². The van der Waals surface area contributed by atoms with E-state index < -0.39 is 7.52 Å². The van der Waals surface area contributed by atoms with Crippen LogP contribution in [0.4, 0.5) is 5.69 Å². The molecule has 2 aromatic rings. The molecule has 0 spiro atoms. The molecule has 4 heteroatoms. The molecule has 3 nitrogen and oxygen atoms in total. The van der Waals surface area contributed by atoms with Crippen LogP contribution in [-0.4, -0.2) is 13.3 Å². The van der Waals surface area contributed by atoms with Crippen LogP contribution in [0.3, 0.4) is 0 Å². The first kappa shape index (κ1) is 15.6. The molecule has 0 bridgehead atoms. The molecule has 0 aromatic heterocycles. The highest BCUT2D eigenvalue weighted by Gasteiger charge is 2.19. The summed E-state index contributed by atoms with van der Waals surface area (Å²) in [4.78, 5) is 0. The number of rotatable bonds is 6. The first-order chi connectivity index (χ1) is 10.1. The Morgan fingerprint density at radius 1 is 1.19 bits per heavy atom. The van der Waals surface area contributed by atoms with E-state index in [2.05, 4.69) is 29.9 Å². The maximum absolute atomic E-state index is 12.5. The number of allylic oxidation sites excluding steroid dienone is 1. The van der Waals surface area contributed by atoms with Crippen molar-refractivity contribution in [1.82, 2.24) is 0 Å². The molecule has 110 valence electrons. The number of anilines is 1. The van der Waals surface area contributed by atoms with E-state index in [-0.39, 0.29) is 6.16 Å². The molecular formula is C17H20NO2P. The van der Waals surface area contributed by atoms with Gasteiger partial charge in [-0.15, -0.1) is 6.58 Å². The fraction of sp³-hybridized carbons (Fsp3) is 0.176. The summed E-state index contributed by atoms with van der Waals surface area (Å²) >= 11 is 0. The van der Waals surface area contributed by atoms with Crippen LogP contribution in [0.1, 0.15) is 5.56 Å². The highest BCUT2D eigenvalue weighted by atomic mass is 31.2. The Hall–Kier alpha value is -1.83. The number of hydrogen-bond donors (Lipinski definition) is 1. The van der Waals surface area contributed by atoms with E-state index in [1.165, 1.54) is 7.11 Å². The number of hydrogen-bond acceptors (Lipinski definition) is 2. The van der Waals surface area contributed by atoms with Gasteiger partial charge in [0.25, 0.3) is 7.52 Å². The van der Waals surface area contributed by atoms with Gasteiger partial charge in [0.05, 0.1) is 6.16 Å².